The Morgan fingerprint density at radius 3 is 2.47 bits per heavy atom. The van der Waals surface area contributed by atoms with Crippen LogP contribution in [0.5, 0.6) is 5.75 Å². The van der Waals surface area contributed by atoms with E-state index in [0.29, 0.717) is 26.2 Å². The van der Waals surface area contributed by atoms with E-state index in [0.717, 1.165) is 39.4 Å². The van der Waals surface area contributed by atoms with Crippen LogP contribution in [-0.4, -0.2) is 59.2 Å². The molecule has 2 amide bonds. The van der Waals surface area contributed by atoms with Crippen molar-refractivity contribution in [2.75, 3.05) is 43.5 Å². The van der Waals surface area contributed by atoms with Crippen molar-refractivity contribution in [1.82, 2.24) is 19.9 Å². The highest BCUT2D eigenvalue weighted by Crippen LogP contribution is 2.33. The van der Waals surface area contributed by atoms with Crippen molar-refractivity contribution in [3.8, 4) is 16.9 Å². The summed E-state index contributed by atoms with van der Waals surface area (Å²) < 4.78 is 5.16. The average Bonchev–Trinajstić information content (AvgIpc) is 3.30. The van der Waals surface area contributed by atoms with Gasteiger partial charge in [-0.25, -0.2) is 14.8 Å². The van der Waals surface area contributed by atoms with Gasteiger partial charge in [0.1, 0.15) is 23.5 Å². The number of nitrogens with zero attached hydrogens (tertiary/aromatic N) is 4. The summed E-state index contributed by atoms with van der Waals surface area (Å²) in [5, 5.41) is 3.97. The van der Waals surface area contributed by atoms with Crippen molar-refractivity contribution in [2.45, 2.75) is 0 Å². The normalized spacial score (nSPS) is 13.9. The first-order valence-electron chi connectivity index (χ1n) is 10.6. The molecule has 1 saturated heterocycles. The molecule has 0 saturated carbocycles. The molecule has 1 aliphatic rings. The first-order chi connectivity index (χ1) is 15.7. The molecule has 162 valence electrons. The summed E-state index contributed by atoms with van der Waals surface area (Å²) in [4.78, 5) is 29.0. The number of piperazine rings is 1. The van der Waals surface area contributed by atoms with Crippen LogP contribution in [0.3, 0.4) is 0 Å². The second-order valence-corrected chi connectivity index (χ2v) is 7.62. The van der Waals surface area contributed by atoms with Gasteiger partial charge in [-0.2, -0.15) is 0 Å². The minimum Gasteiger partial charge on any atom is -0.497 e. The minimum atomic E-state index is -0.103. The van der Waals surface area contributed by atoms with Crippen LogP contribution in [-0.2, 0) is 0 Å². The number of amides is 2. The molecule has 8 heteroatoms. The van der Waals surface area contributed by atoms with Gasteiger partial charge in [0.2, 0.25) is 0 Å². The number of carbonyl (C=O) groups excluding carboxylic acids is 1. The Hall–Kier alpha value is -4.07. The van der Waals surface area contributed by atoms with Crippen LogP contribution in [0.15, 0.2) is 67.1 Å². The molecule has 5 rings (SSSR count). The van der Waals surface area contributed by atoms with Crippen molar-refractivity contribution < 1.29 is 9.53 Å². The van der Waals surface area contributed by atoms with Crippen LogP contribution in [0.25, 0.3) is 22.2 Å². The molecule has 3 heterocycles. The van der Waals surface area contributed by atoms with Crippen LogP contribution in [0.2, 0.25) is 0 Å². The SMILES string of the molecule is COc1ccc(NC(=O)N2CCN(c3ncnc4[nH]cc(-c5ccccc5)c34)CC2)cc1. The summed E-state index contributed by atoms with van der Waals surface area (Å²) in [5.41, 5.74) is 3.76. The summed E-state index contributed by atoms with van der Waals surface area (Å²) >= 11 is 0. The zero-order chi connectivity index (χ0) is 21.9. The maximum absolute atomic E-state index is 12.7. The number of fused-ring (bicyclic) bond motifs is 1. The molecule has 2 aromatic heterocycles. The van der Waals surface area contributed by atoms with Crippen molar-refractivity contribution in [1.29, 1.82) is 0 Å². The Morgan fingerprint density at radius 2 is 1.75 bits per heavy atom. The van der Waals surface area contributed by atoms with Crippen molar-refractivity contribution in [3.05, 3.63) is 67.1 Å². The molecule has 0 unspecified atom stereocenters. The molecule has 1 fully saturated rings. The summed E-state index contributed by atoms with van der Waals surface area (Å²) in [6.07, 6.45) is 3.57. The van der Waals surface area contributed by atoms with Crippen LogP contribution in [0.1, 0.15) is 0 Å². The lowest BCUT2D eigenvalue weighted by molar-refractivity contribution is 0.208. The minimum absolute atomic E-state index is 0.103. The number of urea groups is 1. The van der Waals surface area contributed by atoms with Crippen LogP contribution >= 0.6 is 0 Å². The fourth-order valence-corrected chi connectivity index (χ4v) is 4.03. The topological polar surface area (TPSA) is 86.4 Å². The van der Waals surface area contributed by atoms with Gasteiger partial charge in [0.25, 0.3) is 0 Å². The number of hydrogen-bond donors (Lipinski definition) is 2. The average molecular weight is 428 g/mol. The number of anilines is 2. The van der Waals surface area contributed by atoms with E-state index in [1.165, 1.54) is 0 Å². The smallest absolute Gasteiger partial charge is 0.321 e. The molecular weight excluding hydrogens is 404 g/mol. The maximum atomic E-state index is 12.7. The number of benzene rings is 2. The largest absolute Gasteiger partial charge is 0.497 e. The fourth-order valence-electron chi connectivity index (χ4n) is 4.03. The third-order valence-electron chi connectivity index (χ3n) is 5.74. The van der Waals surface area contributed by atoms with E-state index in [2.05, 4.69) is 37.3 Å². The van der Waals surface area contributed by atoms with Gasteiger partial charge in [0.15, 0.2) is 0 Å². The molecule has 8 nitrogen and oxygen atoms in total. The van der Waals surface area contributed by atoms with Gasteiger partial charge < -0.3 is 24.8 Å². The third kappa shape index (κ3) is 3.82. The fraction of sp³-hybridized carbons (Fsp3) is 0.208. The van der Waals surface area contributed by atoms with Gasteiger partial charge in [-0.05, 0) is 29.8 Å². The van der Waals surface area contributed by atoms with E-state index < -0.39 is 0 Å². The number of methoxy groups -OCH3 is 1. The first-order valence-corrected chi connectivity index (χ1v) is 10.6. The molecule has 4 aromatic rings. The van der Waals surface area contributed by atoms with Gasteiger partial charge in [0.05, 0.1) is 12.5 Å². The molecule has 0 atom stereocenters. The molecule has 0 aliphatic carbocycles. The molecule has 0 bridgehead atoms. The lowest BCUT2D eigenvalue weighted by Crippen LogP contribution is -2.50. The Balaban J connectivity index is 1.31. The second-order valence-electron chi connectivity index (χ2n) is 7.62. The number of aromatic nitrogens is 3. The highest BCUT2D eigenvalue weighted by molar-refractivity contribution is 6.01. The van der Waals surface area contributed by atoms with E-state index in [1.54, 1.807) is 13.4 Å². The Bertz CT molecular complexity index is 1210. The second kappa shape index (κ2) is 8.58. The Kier molecular flexibility index (Phi) is 5.33. The summed E-state index contributed by atoms with van der Waals surface area (Å²) in [6, 6.07) is 17.4. The van der Waals surface area contributed by atoms with Crippen LogP contribution in [0.4, 0.5) is 16.3 Å². The van der Waals surface area contributed by atoms with Gasteiger partial charge in [-0.1, -0.05) is 30.3 Å². The molecule has 2 N–H and O–H groups in total. The zero-order valence-corrected chi connectivity index (χ0v) is 17.8. The Labute approximate surface area is 185 Å². The Morgan fingerprint density at radius 1 is 1.00 bits per heavy atom. The number of aromatic amines is 1. The number of ether oxygens (including phenoxy) is 1. The van der Waals surface area contributed by atoms with E-state index in [1.807, 2.05) is 53.6 Å². The first kappa shape index (κ1) is 19.9. The van der Waals surface area contributed by atoms with Gasteiger partial charge >= 0.3 is 6.03 Å². The van der Waals surface area contributed by atoms with Gasteiger partial charge in [-0.3, -0.25) is 0 Å². The summed E-state index contributed by atoms with van der Waals surface area (Å²) in [5.74, 6) is 1.65. The molecule has 2 aromatic carbocycles. The molecule has 1 aliphatic heterocycles. The van der Waals surface area contributed by atoms with Gasteiger partial charge in [0, 0.05) is 43.6 Å². The molecular formula is C24H24N6O2. The quantitative estimate of drug-likeness (QED) is 0.513. The third-order valence-corrected chi connectivity index (χ3v) is 5.74. The number of hydrogen-bond acceptors (Lipinski definition) is 5. The maximum Gasteiger partial charge on any atom is 0.321 e. The lowest BCUT2D eigenvalue weighted by atomic mass is 10.1. The predicted molar refractivity (Wildman–Crippen MR) is 125 cm³/mol. The number of H-pyrrole nitrogens is 1. The van der Waals surface area contributed by atoms with Crippen molar-refractivity contribution in [2.24, 2.45) is 0 Å². The molecule has 32 heavy (non-hydrogen) atoms. The highest BCUT2D eigenvalue weighted by Gasteiger charge is 2.24. The van der Waals surface area contributed by atoms with Gasteiger partial charge in [-0.15, -0.1) is 0 Å². The standard InChI is InChI=1S/C24H24N6O2/c1-32-19-9-7-18(8-10-19)28-24(31)30-13-11-29(12-14-30)23-21-20(17-5-3-2-4-6-17)15-25-22(21)26-16-27-23/h2-10,15-16H,11-14H2,1H3,(H,28,31)(H,25,26,27). The number of carbonyl (C=O) groups is 1. The van der Waals surface area contributed by atoms with E-state index in [4.69, 9.17) is 4.74 Å². The zero-order valence-electron chi connectivity index (χ0n) is 17.8. The lowest BCUT2D eigenvalue weighted by Gasteiger charge is -2.35. The molecule has 0 spiro atoms. The van der Waals surface area contributed by atoms with Crippen molar-refractivity contribution in [3.63, 3.8) is 0 Å². The molecule has 0 radical (unpaired) electrons. The number of nitrogens with one attached hydrogen (secondary N) is 2. The monoisotopic (exact) mass is 428 g/mol. The summed E-state index contributed by atoms with van der Waals surface area (Å²) in [7, 11) is 1.62. The highest BCUT2D eigenvalue weighted by atomic mass is 16.5. The van der Waals surface area contributed by atoms with Crippen LogP contribution in [0, 0.1) is 0 Å². The van der Waals surface area contributed by atoms with Crippen molar-refractivity contribution >= 4 is 28.6 Å². The summed E-state index contributed by atoms with van der Waals surface area (Å²) in [6.45, 7) is 2.61. The predicted octanol–water partition coefficient (Wildman–Crippen LogP) is 3.99. The van der Waals surface area contributed by atoms with E-state index >= 15 is 0 Å². The van der Waals surface area contributed by atoms with Crippen LogP contribution < -0.4 is 15.0 Å². The van der Waals surface area contributed by atoms with E-state index in [-0.39, 0.29) is 6.03 Å². The number of rotatable bonds is 4. The van der Waals surface area contributed by atoms with E-state index in [9.17, 15) is 4.79 Å².